The molecule has 0 heterocycles. The molecule has 0 saturated heterocycles. The molecule has 4 fully saturated rings. The first-order valence-electron chi connectivity index (χ1n) is 8.32. The van der Waals surface area contributed by atoms with E-state index in [-0.39, 0.29) is 23.7 Å². The number of nitrogens with zero attached hydrogens (tertiary/aromatic N) is 2. The molecule has 3 N–H and O–H groups in total. The summed E-state index contributed by atoms with van der Waals surface area (Å²) in [7, 11) is 0. The van der Waals surface area contributed by atoms with E-state index < -0.39 is 0 Å². The normalized spacial score (nSPS) is 37.8. The van der Waals surface area contributed by atoms with Crippen LogP contribution in [0.4, 0.5) is 0 Å². The van der Waals surface area contributed by atoms with Crippen LogP contribution in [0.2, 0.25) is 0 Å². The maximum Gasteiger partial charge on any atom is 0.229 e. The first-order valence-corrected chi connectivity index (χ1v) is 8.32. The molecule has 4 rings (SSSR count). The SMILES string of the molecule is CCCN(CC(N)=NO)C(=O)C12CC3CC(CC(C3)C1)C2. The lowest BCUT2D eigenvalue weighted by Crippen LogP contribution is -2.55. The molecule has 5 heteroatoms. The van der Waals surface area contributed by atoms with Crippen molar-refractivity contribution in [2.24, 2.45) is 34.1 Å². The Bertz CT molecular complexity index is 412. The fourth-order valence-corrected chi connectivity index (χ4v) is 5.46. The number of oxime groups is 1. The summed E-state index contributed by atoms with van der Waals surface area (Å²) in [6.07, 6.45) is 8.09. The van der Waals surface area contributed by atoms with Gasteiger partial charge in [0.15, 0.2) is 5.84 Å². The van der Waals surface area contributed by atoms with Crippen LogP contribution >= 0.6 is 0 Å². The molecule has 21 heavy (non-hydrogen) atoms. The van der Waals surface area contributed by atoms with Gasteiger partial charge in [0.1, 0.15) is 0 Å². The summed E-state index contributed by atoms with van der Waals surface area (Å²) in [5, 5.41) is 11.8. The smallest absolute Gasteiger partial charge is 0.229 e. The van der Waals surface area contributed by atoms with Gasteiger partial charge in [0.2, 0.25) is 5.91 Å². The van der Waals surface area contributed by atoms with Crippen molar-refractivity contribution in [1.82, 2.24) is 4.90 Å². The summed E-state index contributed by atoms with van der Waals surface area (Å²) in [6, 6.07) is 0. The average molecular weight is 293 g/mol. The minimum Gasteiger partial charge on any atom is -0.409 e. The Hall–Kier alpha value is -1.26. The minimum absolute atomic E-state index is 0.126. The second-order valence-electron chi connectivity index (χ2n) is 7.52. The van der Waals surface area contributed by atoms with E-state index in [1.807, 2.05) is 4.90 Å². The minimum atomic E-state index is -0.139. The maximum atomic E-state index is 13.2. The number of amidine groups is 1. The molecule has 0 aromatic carbocycles. The monoisotopic (exact) mass is 293 g/mol. The van der Waals surface area contributed by atoms with Crippen molar-refractivity contribution in [3.63, 3.8) is 0 Å². The van der Waals surface area contributed by atoms with Crippen LogP contribution in [0.5, 0.6) is 0 Å². The molecule has 5 nitrogen and oxygen atoms in total. The van der Waals surface area contributed by atoms with Gasteiger partial charge in [-0.15, -0.1) is 0 Å². The van der Waals surface area contributed by atoms with E-state index in [0.29, 0.717) is 6.54 Å². The van der Waals surface area contributed by atoms with Gasteiger partial charge in [0, 0.05) is 6.54 Å². The van der Waals surface area contributed by atoms with Crippen LogP contribution in [0.3, 0.4) is 0 Å². The lowest BCUT2D eigenvalue weighted by molar-refractivity contribution is -0.157. The van der Waals surface area contributed by atoms with E-state index >= 15 is 0 Å². The van der Waals surface area contributed by atoms with Gasteiger partial charge in [-0.3, -0.25) is 4.79 Å². The molecule has 0 unspecified atom stereocenters. The Morgan fingerprint density at radius 1 is 1.24 bits per heavy atom. The highest BCUT2D eigenvalue weighted by Gasteiger charge is 2.55. The lowest BCUT2D eigenvalue weighted by Gasteiger charge is -2.56. The van der Waals surface area contributed by atoms with Gasteiger partial charge >= 0.3 is 0 Å². The van der Waals surface area contributed by atoms with Gasteiger partial charge in [-0.05, 0) is 62.7 Å². The maximum absolute atomic E-state index is 13.2. The second-order valence-corrected chi connectivity index (χ2v) is 7.52. The zero-order valence-electron chi connectivity index (χ0n) is 12.9. The van der Waals surface area contributed by atoms with Crippen molar-refractivity contribution >= 4 is 11.7 Å². The van der Waals surface area contributed by atoms with Gasteiger partial charge < -0.3 is 15.8 Å². The number of amides is 1. The molecule has 1 amide bonds. The first-order chi connectivity index (χ1) is 10.1. The van der Waals surface area contributed by atoms with Gasteiger partial charge in [-0.1, -0.05) is 12.1 Å². The van der Waals surface area contributed by atoms with Gasteiger partial charge in [-0.25, -0.2) is 0 Å². The van der Waals surface area contributed by atoms with Crippen LogP contribution in [0.25, 0.3) is 0 Å². The highest BCUT2D eigenvalue weighted by molar-refractivity contribution is 5.89. The number of hydrogen-bond donors (Lipinski definition) is 2. The molecule has 0 aliphatic heterocycles. The molecular formula is C16H27N3O2. The van der Waals surface area contributed by atoms with E-state index in [2.05, 4.69) is 12.1 Å². The molecule has 0 radical (unpaired) electrons. The summed E-state index contributed by atoms with van der Waals surface area (Å²) in [4.78, 5) is 15.0. The van der Waals surface area contributed by atoms with Gasteiger partial charge in [-0.2, -0.15) is 0 Å². The quantitative estimate of drug-likeness (QED) is 0.353. The number of nitrogens with two attached hydrogens (primary N) is 1. The zero-order valence-corrected chi connectivity index (χ0v) is 12.9. The Balaban J connectivity index is 1.78. The molecule has 0 aromatic rings. The van der Waals surface area contributed by atoms with Gasteiger partial charge in [0.25, 0.3) is 0 Å². The summed E-state index contributed by atoms with van der Waals surface area (Å²) in [5.74, 6) is 2.66. The van der Waals surface area contributed by atoms with E-state index in [1.54, 1.807) is 0 Å². The van der Waals surface area contributed by atoms with Crippen molar-refractivity contribution < 1.29 is 10.0 Å². The fraction of sp³-hybridized carbons (Fsp3) is 0.875. The van der Waals surface area contributed by atoms with Crippen LogP contribution in [0.15, 0.2) is 5.16 Å². The highest BCUT2D eigenvalue weighted by atomic mass is 16.4. The largest absolute Gasteiger partial charge is 0.409 e. The van der Waals surface area contributed by atoms with Crippen LogP contribution in [0.1, 0.15) is 51.9 Å². The van der Waals surface area contributed by atoms with E-state index in [9.17, 15) is 4.79 Å². The van der Waals surface area contributed by atoms with Crippen LogP contribution < -0.4 is 5.73 Å². The van der Waals surface area contributed by atoms with Crippen LogP contribution in [0, 0.1) is 23.2 Å². The van der Waals surface area contributed by atoms with E-state index in [4.69, 9.17) is 10.9 Å². The molecular weight excluding hydrogens is 266 g/mol. The molecule has 4 saturated carbocycles. The molecule has 0 atom stereocenters. The Kier molecular flexibility index (Phi) is 3.84. The standard InChI is InChI=1S/C16H27N3O2/c1-2-3-19(10-14(17)18-21)15(20)16-7-11-4-12(8-16)6-13(5-11)9-16/h11-13,21H,2-10H2,1H3,(H2,17,18). The molecule has 4 aliphatic rings. The first kappa shape index (κ1) is 14.7. The summed E-state index contributed by atoms with van der Waals surface area (Å²) < 4.78 is 0. The van der Waals surface area contributed by atoms with Crippen LogP contribution in [-0.2, 0) is 4.79 Å². The van der Waals surface area contributed by atoms with Crippen molar-refractivity contribution in [3.8, 4) is 0 Å². The third-order valence-corrected chi connectivity index (χ3v) is 5.75. The molecule has 0 spiro atoms. The predicted molar refractivity (Wildman–Crippen MR) is 80.9 cm³/mol. The number of hydrogen-bond acceptors (Lipinski definition) is 3. The van der Waals surface area contributed by atoms with Crippen molar-refractivity contribution in [1.29, 1.82) is 0 Å². The Labute approximate surface area is 126 Å². The van der Waals surface area contributed by atoms with Crippen molar-refractivity contribution in [2.45, 2.75) is 51.9 Å². The number of rotatable bonds is 5. The molecule has 4 aliphatic carbocycles. The number of carbonyl (C=O) groups excluding carboxylic acids is 1. The lowest BCUT2D eigenvalue weighted by atomic mass is 9.49. The molecule has 4 bridgehead atoms. The summed E-state index contributed by atoms with van der Waals surface area (Å²) in [5.41, 5.74) is 5.50. The third kappa shape index (κ3) is 2.62. The molecule has 118 valence electrons. The Morgan fingerprint density at radius 3 is 2.19 bits per heavy atom. The topological polar surface area (TPSA) is 78.9 Å². The zero-order chi connectivity index (χ0) is 15.0. The van der Waals surface area contributed by atoms with Crippen LogP contribution in [-0.4, -0.2) is 34.9 Å². The third-order valence-electron chi connectivity index (χ3n) is 5.75. The second kappa shape index (κ2) is 5.50. The van der Waals surface area contributed by atoms with Crippen molar-refractivity contribution in [3.05, 3.63) is 0 Å². The Morgan fingerprint density at radius 2 is 1.76 bits per heavy atom. The van der Waals surface area contributed by atoms with E-state index in [0.717, 1.165) is 43.4 Å². The number of carbonyl (C=O) groups is 1. The average Bonchev–Trinajstić information content (AvgIpc) is 2.44. The van der Waals surface area contributed by atoms with Gasteiger partial charge in [0.05, 0.1) is 12.0 Å². The summed E-state index contributed by atoms with van der Waals surface area (Å²) in [6.45, 7) is 3.01. The molecule has 0 aromatic heterocycles. The predicted octanol–water partition coefficient (Wildman–Crippen LogP) is 2.19. The van der Waals surface area contributed by atoms with E-state index in [1.165, 1.54) is 19.3 Å². The highest BCUT2D eigenvalue weighted by Crippen LogP contribution is 2.60. The van der Waals surface area contributed by atoms with Crippen molar-refractivity contribution in [2.75, 3.05) is 13.1 Å². The fourth-order valence-electron chi connectivity index (χ4n) is 5.46. The summed E-state index contributed by atoms with van der Waals surface area (Å²) >= 11 is 0.